The molecule has 1 aromatic heterocycles. The van der Waals surface area contributed by atoms with Crippen LogP contribution < -0.4 is 4.90 Å². The molecule has 0 saturated heterocycles. The van der Waals surface area contributed by atoms with Crippen molar-refractivity contribution in [2.75, 3.05) is 4.90 Å². The molecule has 0 amide bonds. The van der Waals surface area contributed by atoms with Gasteiger partial charge >= 0.3 is 0 Å². The van der Waals surface area contributed by atoms with E-state index < -0.39 is 5.41 Å². The lowest BCUT2D eigenvalue weighted by molar-refractivity contribution is 0.794. The summed E-state index contributed by atoms with van der Waals surface area (Å²) in [4.78, 5) is 2.52. The molecular weight excluding hydrogens is 851 g/mol. The van der Waals surface area contributed by atoms with Gasteiger partial charge in [0.1, 0.15) is 0 Å². The fourth-order valence-corrected chi connectivity index (χ4v) is 13.5. The first-order valence-electron chi connectivity index (χ1n) is 23.9. The van der Waals surface area contributed by atoms with Crippen molar-refractivity contribution >= 4 is 80.9 Å². The Kier molecular flexibility index (Phi) is 8.22. The van der Waals surface area contributed by atoms with Gasteiger partial charge in [-0.3, -0.25) is 0 Å². The van der Waals surface area contributed by atoms with Crippen LogP contribution in [0.2, 0.25) is 0 Å². The number of benzene rings is 12. The van der Waals surface area contributed by atoms with Gasteiger partial charge in [-0.15, -0.1) is 11.3 Å². The van der Waals surface area contributed by atoms with Gasteiger partial charge < -0.3 is 4.90 Å². The van der Waals surface area contributed by atoms with Crippen LogP contribution >= 0.6 is 11.3 Å². The van der Waals surface area contributed by atoms with E-state index >= 15 is 0 Å². The zero-order valence-corrected chi connectivity index (χ0v) is 38.3. The Bertz CT molecular complexity index is 4170. The Balaban J connectivity index is 0.910. The number of rotatable bonds is 5. The molecule has 2 heteroatoms. The summed E-state index contributed by atoms with van der Waals surface area (Å²) in [5, 5.41) is 10.3. The van der Waals surface area contributed by atoms with E-state index in [0.29, 0.717) is 0 Å². The topological polar surface area (TPSA) is 3.24 Å². The standard InChI is InChI=1S/C67H41NS/c1-2-16-50-48(14-1)49-15-3-4-17-51(49)58-41-47(37-39-52(50)58)68(46-35-32-43(33-36-46)42-28-30-44(31-29-42)45-34-38-56-55-20-8-12-27-64(55)69-65(56)40-45)63-26-13-25-62-66(63)57-21-7-11-24-61(57)67(62)59-22-9-5-18-53(59)54-19-6-10-23-60(54)67/h1-41H. The molecule has 1 spiro atoms. The van der Waals surface area contributed by atoms with Crippen molar-refractivity contribution in [1.29, 1.82) is 0 Å². The van der Waals surface area contributed by atoms with Gasteiger partial charge in [0.25, 0.3) is 0 Å². The van der Waals surface area contributed by atoms with Crippen LogP contribution in [0.1, 0.15) is 22.3 Å². The molecule has 0 aliphatic heterocycles. The molecule has 1 heterocycles. The van der Waals surface area contributed by atoms with Crippen molar-refractivity contribution in [2.45, 2.75) is 5.41 Å². The molecule has 12 aromatic carbocycles. The summed E-state index contributed by atoms with van der Waals surface area (Å²) in [6.45, 7) is 0. The molecule has 0 bridgehead atoms. The monoisotopic (exact) mass is 891 g/mol. The fourth-order valence-electron chi connectivity index (χ4n) is 12.3. The Hall–Kier alpha value is -8.56. The minimum Gasteiger partial charge on any atom is -0.310 e. The predicted octanol–water partition coefficient (Wildman–Crippen LogP) is 18.7. The SMILES string of the molecule is c1ccc2c(c1)-c1ccccc1C21c2ccccc2-c2c(N(c3ccc(-c4ccc(-c5ccc6c(c5)sc5ccccc56)cc4)cc3)c3ccc4c5ccccc5c5ccccc5c4c3)cccc21. The fraction of sp³-hybridized carbons (Fsp3) is 0.0149. The lowest BCUT2D eigenvalue weighted by Crippen LogP contribution is -2.26. The van der Waals surface area contributed by atoms with Gasteiger partial charge in [0.2, 0.25) is 0 Å². The van der Waals surface area contributed by atoms with Crippen LogP contribution in [0, 0.1) is 0 Å². The van der Waals surface area contributed by atoms with Crippen LogP contribution in [-0.4, -0.2) is 0 Å². The van der Waals surface area contributed by atoms with Crippen LogP contribution in [-0.2, 0) is 5.41 Å². The molecule has 0 atom stereocenters. The Morgan fingerprint density at radius 2 is 0.710 bits per heavy atom. The molecule has 0 unspecified atom stereocenters. The zero-order chi connectivity index (χ0) is 45.2. The van der Waals surface area contributed by atoms with Gasteiger partial charge in [0.15, 0.2) is 0 Å². The predicted molar refractivity (Wildman–Crippen MR) is 294 cm³/mol. The second kappa shape index (κ2) is 14.7. The van der Waals surface area contributed by atoms with E-state index in [0.717, 1.165) is 17.1 Å². The first-order chi connectivity index (χ1) is 34.2. The summed E-state index contributed by atoms with van der Waals surface area (Å²) in [6, 6.07) is 93.1. The van der Waals surface area contributed by atoms with Gasteiger partial charge in [-0.05, 0) is 136 Å². The Labute approximate surface area is 404 Å². The van der Waals surface area contributed by atoms with Gasteiger partial charge in [0, 0.05) is 37.1 Å². The highest BCUT2D eigenvalue weighted by molar-refractivity contribution is 7.25. The number of nitrogens with zero attached hydrogens (tertiary/aromatic N) is 1. The lowest BCUT2D eigenvalue weighted by Gasteiger charge is -2.32. The largest absolute Gasteiger partial charge is 0.310 e. The highest BCUT2D eigenvalue weighted by Gasteiger charge is 2.52. The van der Waals surface area contributed by atoms with Crippen LogP contribution in [0.15, 0.2) is 249 Å². The van der Waals surface area contributed by atoms with Crippen LogP contribution in [0.5, 0.6) is 0 Å². The molecule has 0 fully saturated rings. The summed E-state index contributed by atoms with van der Waals surface area (Å²) >= 11 is 1.87. The normalized spacial score (nSPS) is 13.0. The van der Waals surface area contributed by atoms with Gasteiger partial charge in [-0.1, -0.05) is 206 Å². The quantitative estimate of drug-likeness (QED) is 0.156. The molecule has 15 rings (SSSR count). The van der Waals surface area contributed by atoms with E-state index in [1.807, 2.05) is 11.3 Å². The third-order valence-electron chi connectivity index (χ3n) is 15.3. The van der Waals surface area contributed by atoms with Crippen molar-refractivity contribution in [3.05, 3.63) is 271 Å². The molecule has 0 radical (unpaired) electrons. The van der Waals surface area contributed by atoms with Crippen molar-refractivity contribution in [2.24, 2.45) is 0 Å². The van der Waals surface area contributed by atoms with Gasteiger partial charge in [0.05, 0.1) is 11.1 Å². The van der Waals surface area contributed by atoms with Crippen molar-refractivity contribution in [3.63, 3.8) is 0 Å². The van der Waals surface area contributed by atoms with Crippen LogP contribution in [0.3, 0.4) is 0 Å². The van der Waals surface area contributed by atoms with Gasteiger partial charge in [-0.25, -0.2) is 0 Å². The Morgan fingerprint density at radius 1 is 0.275 bits per heavy atom. The molecule has 69 heavy (non-hydrogen) atoms. The number of thiophene rings is 1. The Morgan fingerprint density at radius 3 is 1.36 bits per heavy atom. The van der Waals surface area contributed by atoms with Crippen molar-refractivity contribution < 1.29 is 0 Å². The highest BCUT2D eigenvalue weighted by atomic mass is 32.1. The van der Waals surface area contributed by atoms with Crippen molar-refractivity contribution in [3.8, 4) is 44.5 Å². The summed E-state index contributed by atoms with van der Waals surface area (Å²) < 4.78 is 2.66. The van der Waals surface area contributed by atoms with E-state index in [2.05, 4.69) is 254 Å². The molecule has 2 aliphatic carbocycles. The summed E-state index contributed by atoms with van der Waals surface area (Å²) in [5.41, 5.74) is 18.3. The maximum Gasteiger partial charge on any atom is 0.0726 e. The smallest absolute Gasteiger partial charge is 0.0726 e. The molecule has 13 aromatic rings. The maximum absolute atomic E-state index is 2.52. The number of anilines is 3. The average molecular weight is 892 g/mol. The molecular formula is C67H41NS. The number of hydrogen-bond donors (Lipinski definition) is 0. The number of hydrogen-bond acceptors (Lipinski definition) is 2. The van der Waals surface area contributed by atoms with Gasteiger partial charge in [-0.2, -0.15) is 0 Å². The van der Waals surface area contributed by atoms with E-state index in [9.17, 15) is 0 Å². The molecule has 1 nitrogen and oxygen atoms in total. The second-order valence-electron chi connectivity index (χ2n) is 18.7. The third-order valence-corrected chi connectivity index (χ3v) is 16.4. The first-order valence-corrected chi connectivity index (χ1v) is 24.7. The number of fused-ring (bicyclic) bond motifs is 19. The zero-order valence-electron chi connectivity index (χ0n) is 37.5. The van der Waals surface area contributed by atoms with Crippen LogP contribution in [0.25, 0.3) is 97.0 Å². The maximum atomic E-state index is 2.52. The minimum atomic E-state index is -0.445. The molecule has 320 valence electrons. The van der Waals surface area contributed by atoms with Crippen molar-refractivity contribution in [1.82, 2.24) is 0 Å². The molecule has 2 aliphatic rings. The summed E-state index contributed by atoms with van der Waals surface area (Å²) in [7, 11) is 0. The molecule has 0 N–H and O–H groups in total. The minimum absolute atomic E-state index is 0.445. The second-order valence-corrected chi connectivity index (χ2v) is 19.8. The highest BCUT2D eigenvalue weighted by Crippen LogP contribution is 2.64. The first kappa shape index (κ1) is 38.5. The summed E-state index contributed by atoms with van der Waals surface area (Å²) in [6.07, 6.45) is 0. The summed E-state index contributed by atoms with van der Waals surface area (Å²) in [5.74, 6) is 0. The third kappa shape index (κ3) is 5.46. The van der Waals surface area contributed by atoms with E-state index in [1.165, 1.54) is 119 Å². The average Bonchev–Trinajstić information content (AvgIpc) is 4.05. The lowest BCUT2D eigenvalue weighted by atomic mass is 9.70. The van der Waals surface area contributed by atoms with E-state index in [-0.39, 0.29) is 0 Å². The van der Waals surface area contributed by atoms with E-state index in [4.69, 9.17) is 0 Å². The van der Waals surface area contributed by atoms with Crippen LogP contribution in [0.4, 0.5) is 17.1 Å². The molecule has 0 saturated carbocycles. The van der Waals surface area contributed by atoms with E-state index in [1.54, 1.807) is 0 Å².